The van der Waals surface area contributed by atoms with Gasteiger partial charge in [-0.25, -0.2) is 0 Å². The van der Waals surface area contributed by atoms with Crippen LogP contribution < -0.4 is 4.74 Å². The summed E-state index contributed by atoms with van der Waals surface area (Å²) >= 11 is 0. The second-order valence-electron chi connectivity index (χ2n) is 6.69. The van der Waals surface area contributed by atoms with Crippen molar-refractivity contribution in [2.45, 2.75) is 25.2 Å². The van der Waals surface area contributed by atoms with Crippen LogP contribution in [0.4, 0.5) is 13.2 Å². The van der Waals surface area contributed by atoms with Crippen LogP contribution in [-0.4, -0.2) is 34.2 Å². The number of hydrogen-bond donors (Lipinski definition) is 0. The van der Waals surface area contributed by atoms with Gasteiger partial charge in [-0.2, -0.15) is 18.2 Å². The fourth-order valence-corrected chi connectivity index (χ4v) is 3.21. The Morgan fingerprint density at radius 1 is 1.07 bits per heavy atom. The molecule has 4 rings (SSSR count). The number of rotatable bonds is 5. The van der Waals surface area contributed by atoms with E-state index in [1.54, 1.807) is 24.3 Å². The number of nitrogens with zero attached hydrogens (tertiary/aromatic N) is 3. The molecule has 0 unspecified atom stereocenters. The third-order valence-corrected chi connectivity index (χ3v) is 4.56. The lowest BCUT2D eigenvalue weighted by molar-refractivity contribution is -0.159. The topological polar surface area (TPSA) is 51.4 Å². The Balaban J connectivity index is 1.34. The van der Waals surface area contributed by atoms with Gasteiger partial charge < -0.3 is 9.26 Å². The lowest BCUT2D eigenvalue weighted by Crippen LogP contribution is -2.24. The summed E-state index contributed by atoms with van der Waals surface area (Å²) < 4.78 is 47.9. The van der Waals surface area contributed by atoms with E-state index in [0.29, 0.717) is 11.3 Å². The number of alkyl halides is 3. The highest BCUT2D eigenvalue weighted by molar-refractivity contribution is 5.55. The molecule has 28 heavy (non-hydrogen) atoms. The van der Waals surface area contributed by atoms with Gasteiger partial charge in [0.1, 0.15) is 11.9 Å². The molecule has 1 aliphatic heterocycles. The fourth-order valence-electron chi connectivity index (χ4n) is 3.21. The van der Waals surface area contributed by atoms with Crippen molar-refractivity contribution in [3.05, 3.63) is 66.1 Å². The predicted octanol–water partition coefficient (Wildman–Crippen LogP) is 4.41. The molecule has 1 atom stereocenters. The predicted molar refractivity (Wildman–Crippen MR) is 95.5 cm³/mol. The first kappa shape index (κ1) is 18.5. The van der Waals surface area contributed by atoms with Crippen LogP contribution in [-0.2, 0) is 12.7 Å². The van der Waals surface area contributed by atoms with Crippen LogP contribution in [0.15, 0.2) is 59.1 Å². The van der Waals surface area contributed by atoms with E-state index in [1.807, 2.05) is 18.2 Å². The minimum Gasteiger partial charge on any atom is -0.489 e. The molecule has 0 saturated carbocycles. The molecule has 0 N–H and O–H groups in total. The summed E-state index contributed by atoms with van der Waals surface area (Å²) in [4.78, 5) is 5.72. The number of benzene rings is 2. The number of likely N-dealkylation sites (tertiary alicyclic amines) is 1. The van der Waals surface area contributed by atoms with Crippen molar-refractivity contribution in [1.82, 2.24) is 15.0 Å². The number of aromatic nitrogens is 2. The van der Waals surface area contributed by atoms with E-state index >= 15 is 0 Å². The van der Waals surface area contributed by atoms with E-state index < -0.39 is 12.1 Å². The average Bonchev–Trinajstić information content (AvgIpc) is 3.33. The van der Waals surface area contributed by atoms with E-state index in [4.69, 9.17) is 4.74 Å². The molecule has 5 nitrogen and oxygen atoms in total. The van der Waals surface area contributed by atoms with E-state index in [-0.39, 0.29) is 11.9 Å². The van der Waals surface area contributed by atoms with Crippen LogP contribution >= 0.6 is 0 Å². The molecule has 0 aliphatic carbocycles. The Morgan fingerprint density at radius 3 is 2.50 bits per heavy atom. The highest BCUT2D eigenvalue weighted by Crippen LogP contribution is 2.30. The van der Waals surface area contributed by atoms with Gasteiger partial charge in [-0.15, -0.1) is 0 Å². The number of hydrogen-bond acceptors (Lipinski definition) is 5. The van der Waals surface area contributed by atoms with Crippen LogP contribution in [0.2, 0.25) is 0 Å². The second kappa shape index (κ2) is 7.63. The first-order chi connectivity index (χ1) is 13.5. The summed E-state index contributed by atoms with van der Waals surface area (Å²) in [6.07, 6.45) is -3.65. The van der Waals surface area contributed by atoms with Crippen LogP contribution in [0.1, 0.15) is 17.9 Å². The fraction of sp³-hybridized carbons (Fsp3) is 0.300. The van der Waals surface area contributed by atoms with Crippen LogP contribution in [0.5, 0.6) is 5.75 Å². The molecule has 2 aromatic carbocycles. The average molecular weight is 389 g/mol. The monoisotopic (exact) mass is 389 g/mol. The molecule has 0 radical (unpaired) electrons. The molecule has 3 aromatic rings. The zero-order valence-electron chi connectivity index (χ0n) is 14.9. The maximum absolute atomic E-state index is 12.6. The largest absolute Gasteiger partial charge is 0.489 e. The summed E-state index contributed by atoms with van der Waals surface area (Å²) in [5.74, 6) is -0.795. The molecule has 0 amide bonds. The van der Waals surface area contributed by atoms with Crippen molar-refractivity contribution in [3.8, 4) is 17.1 Å². The molecule has 1 aliphatic rings. The third kappa shape index (κ3) is 4.33. The van der Waals surface area contributed by atoms with Crippen molar-refractivity contribution < 1.29 is 22.4 Å². The van der Waals surface area contributed by atoms with Gasteiger partial charge in [0.2, 0.25) is 5.82 Å². The Bertz CT molecular complexity index is 910. The van der Waals surface area contributed by atoms with Gasteiger partial charge in [0.05, 0.1) is 0 Å². The first-order valence-corrected chi connectivity index (χ1v) is 8.92. The zero-order valence-corrected chi connectivity index (χ0v) is 14.9. The molecule has 146 valence electrons. The lowest BCUT2D eigenvalue weighted by atomic mass is 10.2. The number of halogens is 3. The molecule has 8 heteroatoms. The molecule has 1 fully saturated rings. The van der Waals surface area contributed by atoms with Crippen molar-refractivity contribution in [1.29, 1.82) is 0 Å². The normalized spacial score (nSPS) is 17.8. The quantitative estimate of drug-likeness (QED) is 0.647. The summed E-state index contributed by atoms with van der Waals surface area (Å²) in [5.41, 5.74) is 1.70. The van der Waals surface area contributed by atoms with Crippen molar-refractivity contribution in [2.75, 3.05) is 13.1 Å². The standard InChI is InChI=1S/C20H18F3N3O2/c21-20(22,23)19-24-18(25-28-19)15-6-8-16(9-7-15)27-17-10-11-26(13-17)12-14-4-2-1-3-5-14/h1-9,17H,10-13H2/t17-/m0/s1. The molecule has 1 aromatic heterocycles. The molecular formula is C20H18F3N3O2. The second-order valence-corrected chi connectivity index (χ2v) is 6.69. The maximum Gasteiger partial charge on any atom is 0.471 e. The zero-order chi connectivity index (χ0) is 19.6. The van der Waals surface area contributed by atoms with Gasteiger partial charge in [-0.05, 0) is 36.2 Å². The van der Waals surface area contributed by atoms with Gasteiger partial charge in [0, 0.05) is 25.2 Å². The maximum atomic E-state index is 12.6. The highest BCUT2D eigenvalue weighted by Gasteiger charge is 2.38. The van der Waals surface area contributed by atoms with Gasteiger partial charge in [-0.1, -0.05) is 35.5 Å². The van der Waals surface area contributed by atoms with Crippen molar-refractivity contribution in [2.24, 2.45) is 0 Å². The summed E-state index contributed by atoms with van der Waals surface area (Å²) in [6.45, 7) is 2.68. The Morgan fingerprint density at radius 2 is 1.82 bits per heavy atom. The van der Waals surface area contributed by atoms with Crippen LogP contribution in [0, 0.1) is 0 Å². The Labute approximate surface area is 159 Å². The van der Waals surface area contributed by atoms with E-state index in [9.17, 15) is 13.2 Å². The van der Waals surface area contributed by atoms with Crippen molar-refractivity contribution >= 4 is 0 Å². The highest BCUT2D eigenvalue weighted by atomic mass is 19.4. The minimum absolute atomic E-state index is 0.0802. The molecular weight excluding hydrogens is 371 g/mol. The van der Waals surface area contributed by atoms with Gasteiger partial charge in [0.15, 0.2) is 0 Å². The van der Waals surface area contributed by atoms with Gasteiger partial charge >= 0.3 is 12.1 Å². The van der Waals surface area contributed by atoms with Gasteiger partial charge in [0.25, 0.3) is 0 Å². The summed E-state index contributed by atoms with van der Waals surface area (Å²) in [5, 5.41) is 3.38. The number of ether oxygens (including phenoxy) is 1. The third-order valence-electron chi connectivity index (χ3n) is 4.56. The van der Waals surface area contributed by atoms with E-state index in [0.717, 1.165) is 26.1 Å². The summed E-state index contributed by atoms with van der Waals surface area (Å²) in [7, 11) is 0. The lowest BCUT2D eigenvalue weighted by Gasteiger charge is -2.17. The SMILES string of the molecule is FC(F)(F)c1nc(-c2ccc(O[C@H]3CCN(Cc4ccccc4)C3)cc2)no1. The first-order valence-electron chi connectivity index (χ1n) is 8.92. The van der Waals surface area contributed by atoms with Crippen LogP contribution in [0.3, 0.4) is 0 Å². The van der Waals surface area contributed by atoms with Crippen molar-refractivity contribution in [3.63, 3.8) is 0 Å². The van der Waals surface area contributed by atoms with E-state index in [1.165, 1.54) is 5.56 Å². The summed E-state index contributed by atoms with van der Waals surface area (Å²) in [6, 6.07) is 16.9. The Kier molecular flexibility index (Phi) is 5.04. The molecule has 0 bridgehead atoms. The Hall–Kier alpha value is -2.87. The van der Waals surface area contributed by atoms with Gasteiger partial charge in [-0.3, -0.25) is 4.90 Å². The van der Waals surface area contributed by atoms with Crippen LogP contribution in [0.25, 0.3) is 11.4 Å². The molecule has 2 heterocycles. The van der Waals surface area contributed by atoms with E-state index in [2.05, 4.69) is 31.7 Å². The minimum atomic E-state index is -4.65. The molecule has 0 spiro atoms. The smallest absolute Gasteiger partial charge is 0.471 e. The molecule has 1 saturated heterocycles.